The number of nitrogens with one attached hydrogen (secondary N) is 1. The van der Waals surface area contributed by atoms with Crippen LogP contribution in [0.5, 0.6) is 0 Å². The van der Waals surface area contributed by atoms with E-state index in [9.17, 15) is 4.39 Å². The lowest BCUT2D eigenvalue weighted by molar-refractivity contribution is 0.621. The zero-order chi connectivity index (χ0) is 14.8. The number of hydrogen-bond donors (Lipinski definition) is 1. The molecule has 1 heterocycles. The zero-order valence-electron chi connectivity index (χ0n) is 11.5. The molecule has 0 spiro atoms. The van der Waals surface area contributed by atoms with Gasteiger partial charge in [0.1, 0.15) is 5.82 Å². The highest BCUT2D eigenvalue weighted by molar-refractivity contribution is 9.10. The number of anilines is 1. The second-order valence-corrected chi connectivity index (χ2v) is 5.78. The number of nitrogens with zero attached hydrogens (tertiary/aromatic N) is 1. The molecule has 2 aromatic carbocycles. The highest BCUT2D eigenvalue weighted by Gasteiger charge is 2.05. The maximum atomic E-state index is 13.6. The number of aromatic nitrogens is 1. The van der Waals surface area contributed by atoms with Crippen LogP contribution in [0.2, 0.25) is 0 Å². The molecule has 0 bridgehead atoms. The van der Waals surface area contributed by atoms with Crippen molar-refractivity contribution in [2.75, 3.05) is 5.32 Å². The molecule has 2 nitrogen and oxygen atoms in total. The van der Waals surface area contributed by atoms with Gasteiger partial charge >= 0.3 is 0 Å². The minimum Gasteiger partial charge on any atom is -0.379 e. The van der Waals surface area contributed by atoms with Crippen LogP contribution in [0.25, 0.3) is 10.9 Å². The van der Waals surface area contributed by atoms with Gasteiger partial charge in [-0.15, -0.1) is 0 Å². The minimum absolute atomic E-state index is 0.269. The molecule has 0 aliphatic heterocycles. The summed E-state index contributed by atoms with van der Waals surface area (Å²) in [5.74, 6) is -0.269. The van der Waals surface area contributed by atoms with Crippen molar-refractivity contribution in [2.45, 2.75) is 13.5 Å². The summed E-state index contributed by atoms with van der Waals surface area (Å²) >= 11 is 3.19. The molecule has 4 heteroatoms. The van der Waals surface area contributed by atoms with Gasteiger partial charge in [-0.1, -0.05) is 24.3 Å². The molecule has 3 rings (SSSR count). The fourth-order valence-electron chi connectivity index (χ4n) is 2.23. The largest absolute Gasteiger partial charge is 0.379 e. The van der Waals surface area contributed by atoms with Crippen LogP contribution in [0.15, 0.2) is 53.0 Å². The lowest BCUT2D eigenvalue weighted by atomic mass is 10.2. The van der Waals surface area contributed by atoms with E-state index in [1.165, 1.54) is 6.07 Å². The Morgan fingerprint density at radius 2 is 1.95 bits per heavy atom. The molecule has 0 aliphatic rings. The van der Waals surface area contributed by atoms with Crippen molar-refractivity contribution in [3.05, 3.63) is 70.1 Å². The summed E-state index contributed by atoms with van der Waals surface area (Å²) in [5, 5.41) is 4.36. The van der Waals surface area contributed by atoms with E-state index in [0.29, 0.717) is 11.0 Å². The van der Waals surface area contributed by atoms with E-state index in [1.807, 2.05) is 43.3 Å². The quantitative estimate of drug-likeness (QED) is 0.718. The third-order valence-electron chi connectivity index (χ3n) is 3.38. The van der Waals surface area contributed by atoms with Gasteiger partial charge in [0, 0.05) is 11.1 Å². The molecule has 0 saturated carbocycles. The van der Waals surface area contributed by atoms with Crippen molar-refractivity contribution >= 4 is 32.5 Å². The van der Waals surface area contributed by atoms with Crippen molar-refractivity contribution in [1.29, 1.82) is 0 Å². The number of para-hydroxylation sites is 1. The van der Waals surface area contributed by atoms with Gasteiger partial charge in [-0.3, -0.25) is 4.98 Å². The predicted molar refractivity (Wildman–Crippen MR) is 87.9 cm³/mol. The van der Waals surface area contributed by atoms with Crippen molar-refractivity contribution in [3.63, 3.8) is 0 Å². The summed E-state index contributed by atoms with van der Waals surface area (Å²) in [6.45, 7) is 2.51. The standard InChI is InChI=1S/C17H14BrFN2/c1-11-8-14(18)15(19)9-17(11)20-10-13-7-6-12-4-2-3-5-16(12)21-13/h2-9,20H,10H2,1H3. The van der Waals surface area contributed by atoms with Gasteiger partial charge in [0.25, 0.3) is 0 Å². The molecule has 1 N–H and O–H groups in total. The first-order chi connectivity index (χ1) is 10.1. The van der Waals surface area contributed by atoms with Gasteiger partial charge < -0.3 is 5.32 Å². The van der Waals surface area contributed by atoms with Crippen LogP contribution in [0.3, 0.4) is 0 Å². The average molecular weight is 345 g/mol. The van der Waals surface area contributed by atoms with Crippen molar-refractivity contribution < 1.29 is 4.39 Å². The minimum atomic E-state index is -0.269. The third kappa shape index (κ3) is 3.05. The van der Waals surface area contributed by atoms with Gasteiger partial charge in [0.15, 0.2) is 0 Å². The van der Waals surface area contributed by atoms with E-state index in [4.69, 9.17) is 0 Å². The first kappa shape index (κ1) is 14.0. The zero-order valence-corrected chi connectivity index (χ0v) is 13.1. The Balaban J connectivity index is 1.81. The van der Waals surface area contributed by atoms with Crippen LogP contribution in [-0.4, -0.2) is 4.98 Å². The summed E-state index contributed by atoms with van der Waals surface area (Å²) in [4.78, 5) is 4.59. The number of hydrogen-bond acceptors (Lipinski definition) is 2. The first-order valence-corrected chi connectivity index (χ1v) is 7.47. The molecule has 0 unspecified atom stereocenters. The van der Waals surface area contributed by atoms with Crippen LogP contribution in [0.1, 0.15) is 11.3 Å². The predicted octanol–water partition coefficient (Wildman–Crippen LogP) is 5.06. The molecular formula is C17H14BrFN2. The van der Waals surface area contributed by atoms with Crippen LogP contribution in [0, 0.1) is 12.7 Å². The van der Waals surface area contributed by atoms with Crippen molar-refractivity contribution in [1.82, 2.24) is 4.98 Å². The molecule has 0 radical (unpaired) electrons. The molecule has 106 valence electrons. The SMILES string of the molecule is Cc1cc(Br)c(F)cc1NCc1ccc2ccccc2n1. The molecular weight excluding hydrogens is 331 g/mol. The highest BCUT2D eigenvalue weighted by atomic mass is 79.9. The van der Waals surface area contributed by atoms with Crippen LogP contribution in [-0.2, 0) is 6.54 Å². The molecule has 0 amide bonds. The summed E-state index contributed by atoms with van der Waals surface area (Å²) in [6, 6.07) is 15.3. The maximum Gasteiger partial charge on any atom is 0.139 e. The fourth-order valence-corrected chi connectivity index (χ4v) is 2.69. The Morgan fingerprint density at radius 3 is 2.81 bits per heavy atom. The van der Waals surface area contributed by atoms with E-state index in [-0.39, 0.29) is 5.82 Å². The van der Waals surface area contributed by atoms with Crippen LogP contribution >= 0.6 is 15.9 Å². The lowest BCUT2D eigenvalue weighted by Gasteiger charge is -2.10. The number of halogens is 2. The molecule has 0 atom stereocenters. The molecule has 21 heavy (non-hydrogen) atoms. The fraction of sp³-hybridized carbons (Fsp3) is 0.118. The van der Waals surface area contributed by atoms with Gasteiger partial charge in [0.05, 0.1) is 22.2 Å². The normalized spacial score (nSPS) is 10.8. The van der Waals surface area contributed by atoms with Crippen LogP contribution in [0.4, 0.5) is 10.1 Å². The Kier molecular flexibility index (Phi) is 3.88. The summed E-state index contributed by atoms with van der Waals surface area (Å²) in [7, 11) is 0. The van der Waals surface area contributed by atoms with Gasteiger partial charge in [0.2, 0.25) is 0 Å². The number of aryl methyl sites for hydroxylation is 1. The lowest BCUT2D eigenvalue weighted by Crippen LogP contribution is -2.03. The topological polar surface area (TPSA) is 24.9 Å². The van der Waals surface area contributed by atoms with E-state index < -0.39 is 0 Å². The first-order valence-electron chi connectivity index (χ1n) is 6.68. The Bertz CT molecular complexity index is 802. The van der Waals surface area contributed by atoms with E-state index in [0.717, 1.165) is 27.8 Å². The van der Waals surface area contributed by atoms with E-state index in [2.05, 4.69) is 26.2 Å². The van der Waals surface area contributed by atoms with Crippen molar-refractivity contribution in [2.24, 2.45) is 0 Å². The Hall–Kier alpha value is -1.94. The summed E-state index contributed by atoms with van der Waals surface area (Å²) in [6.07, 6.45) is 0. The monoisotopic (exact) mass is 344 g/mol. The highest BCUT2D eigenvalue weighted by Crippen LogP contribution is 2.24. The number of benzene rings is 2. The van der Waals surface area contributed by atoms with E-state index >= 15 is 0 Å². The second-order valence-electron chi connectivity index (χ2n) is 4.93. The molecule has 3 aromatic rings. The average Bonchev–Trinajstić information content (AvgIpc) is 2.49. The summed E-state index contributed by atoms with van der Waals surface area (Å²) < 4.78 is 14.1. The molecule has 0 aliphatic carbocycles. The van der Waals surface area contributed by atoms with Crippen molar-refractivity contribution in [3.8, 4) is 0 Å². The van der Waals surface area contributed by atoms with Crippen LogP contribution < -0.4 is 5.32 Å². The Labute approximate surface area is 131 Å². The molecule has 0 saturated heterocycles. The second kappa shape index (κ2) is 5.82. The smallest absolute Gasteiger partial charge is 0.139 e. The molecule has 1 aromatic heterocycles. The van der Waals surface area contributed by atoms with E-state index in [1.54, 1.807) is 6.07 Å². The number of pyridine rings is 1. The van der Waals surface area contributed by atoms with Gasteiger partial charge in [-0.2, -0.15) is 0 Å². The molecule has 0 fully saturated rings. The van der Waals surface area contributed by atoms with Gasteiger partial charge in [-0.05, 0) is 52.7 Å². The Morgan fingerprint density at radius 1 is 1.14 bits per heavy atom. The van der Waals surface area contributed by atoms with Gasteiger partial charge in [-0.25, -0.2) is 4.39 Å². The summed E-state index contributed by atoms with van der Waals surface area (Å²) in [5.41, 5.74) is 3.67. The maximum absolute atomic E-state index is 13.6. The number of rotatable bonds is 3. The third-order valence-corrected chi connectivity index (χ3v) is 3.99. The number of fused-ring (bicyclic) bond motifs is 1.